The zero-order valence-corrected chi connectivity index (χ0v) is 14.2. The first kappa shape index (κ1) is 17.2. The van der Waals surface area contributed by atoms with Crippen LogP contribution in [0.1, 0.15) is 26.7 Å². The molecule has 2 fully saturated rings. The van der Waals surface area contributed by atoms with Gasteiger partial charge in [0.15, 0.2) is 0 Å². The maximum absolute atomic E-state index is 11.8. The zero-order chi connectivity index (χ0) is 16.1. The van der Waals surface area contributed by atoms with Crippen LogP contribution in [0.4, 0.5) is 0 Å². The summed E-state index contributed by atoms with van der Waals surface area (Å²) in [6.45, 7) is 10.4. The van der Waals surface area contributed by atoms with Crippen LogP contribution < -0.4 is 5.32 Å². The highest BCUT2D eigenvalue weighted by molar-refractivity contribution is 5.78. The van der Waals surface area contributed by atoms with E-state index in [0.29, 0.717) is 18.9 Å². The lowest BCUT2D eigenvalue weighted by Gasteiger charge is -2.38. The lowest BCUT2D eigenvalue weighted by atomic mass is 9.97. The Balaban J connectivity index is 1.67. The zero-order valence-electron chi connectivity index (χ0n) is 14.2. The molecule has 1 atom stereocenters. The van der Waals surface area contributed by atoms with E-state index in [2.05, 4.69) is 15.1 Å². The summed E-state index contributed by atoms with van der Waals surface area (Å²) in [5.74, 6) is 0.992. The minimum Gasteiger partial charge on any atom is -0.353 e. The molecule has 0 saturated carbocycles. The molecule has 2 heterocycles. The summed E-state index contributed by atoms with van der Waals surface area (Å²) >= 11 is 0. The van der Waals surface area contributed by atoms with Crippen molar-refractivity contribution in [3.63, 3.8) is 0 Å². The average Bonchev–Trinajstić information content (AvgIpc) is 2.44. The fraction of sp³-hybridized carbons (Fsp3) is 0.875. The number of amides is 2. The third-order valence-electron chi connectivity index (χ3n) is 4.52. The van der Waals surface area contributed by atoms with E-state index in [-0.39, 0.29) is 17.9 Å². The molecule has 22 heavy (non-hydrogen) atoms. The van der Waals surface area contributed by atoms with Gasteiger partial charge in [-0.15, -0.1) is 0 Å². The van der Waals surface area contributed by atoms with E-state index in [0.717, 1.165) is 45.7 Å². The standard InChI is InChI=1S/C16H30N4O2/c1-13(2)17-15(21)12-20-8-6-19(7-9-20)11-14-4-5-16(22)18(3)10-14/h13-14H,4-12H2,1-3H3,(H,17,21). The summed E-state index contributed by atoms with van der Waals surface area (Å²) in [5.41, 5.74) is 0. The van der Waals surface area contributed by atoms with Gasteiger partial charge in [0.1, 0.15) is 0 Å². The van der Waals surface area contributed by atoms with Gasteiger partial charge in [0.25, 0.3) is 0 Å². The molecule has 6 nitrogen and oxygen atoms in total. The highest BCUT2D eigenvalue weighted by Crippen LogP contribution is 2.18. The van der Waals surface area contributed by atoms with E-state index in [1.54, 1.807) is 0 Å². The molecule has 1 N–H and O–H groups in total. The Labute approximate surface area is 133 Å². The lowest BCUT2D eigenvalue weighted by Crippen LogP contribution is -2.52. The van der Waals surface area contributed by atoms with E-state index < -0.39 is 0 Å². The fourth-order valence-electron chi connectivity index (χ4n) is 3.31. The number of nitrogens with one attached hydrogen (secondary N) is 1. The SMILES string of the molecule is CC(C)NC(=O)CN1CCN(CC2CCC(=O)N(C)C2)CC1. The van der Waals surface area contributed by atoms with Gasteiger partial charge in [-0.1, -0.05) is 0 Å². The molecule has 0 aromatic carbocycles. The van der Waals surface area contributed by atoms with Gasteiger partial charge < -0.3 is 15.1 Å². The molecule has 0 aliphatic carbocycles. The molecule has 2 amide bonds. The first-order valence-electron chi connectivity index (χ1n) is 8.42. The number of hydrogen-bond acceptors (Lipinski definition) is 4. The highest BCUT2D eigenvalue weighted by atomic mass is 16.2. The number of nitrogens with zero attached hydrogens (tertiary/aromatic N) is 3. The van der Waals surface area contributed by atoms with Gasteiger partial charge in [-0.2, -0.15) is 0 Å². The number of hydrogen-bond donors (Lipinski definition) is 1. The second-order valence-corrected chi connectivity index (χ2v) is 6.98. The van der Waals surface area contributed by atoms with Gasteiger partial charge in [-0.3, -0.25) is 14.5 Å². The summed E-state index contributed by atoms with van der Waals surface area (Å²) in [6.07, 6.45) is 1.71. The minimum atomic E-state index is 0.121. The van der Waals surface area contributed by atoms with Crippen LogP contribution in [0.2, 0.25) is 0 Å². The summed E-state index contributed by atoms with van der Waals surface area (Å²) < 4.78 is 0. The predicted octanol–water partition coefficient (Wildman–Crippen LogP) is -0.00300. The Bertz CT molecular complexity index is 392. The molecule has 2 rings (SSSR count). The van der Waals surface area contributed by atoms with Crippen LogP contribution in [-0.2, 0) is 9.59 Å². The van der Waals surface area contributed by atoms with E-state index in [1.165, 1.54) is 0 Å². The maximum atomic E-state index is 11.8. The number of likely N-dealkylation sites (tertiary alicyclic amines) is 1. The Morgan fingerprint density at radius 1 is 1.23 bits per heavy atom. The number of piperidine rings is 1. The van der Waals surface area contributed by atoms with Crippen molar-refractivity contribution in [2.45, 2.75) is 32.7 Å². The van der Waals surface area contributed by atoms with Crippen molar-refractivity contribution in [1.29, 1.82) is 0 Å². The number of rotatable bonds is 5. The third-order valence-corrected chi connectivity index (χ3v) is 4.52. The molecule has 2 aliphatic rings. The van der Waals surface area contributed by atoms with Gasteiger partial charge in [-0.25, -0.2) is 0 Å². The second kappa shape index (κ2) is 7.92. The number of piperazine rings is 1. The predicted molar refractivity (Wildman–Crippen MR) is 86.5 cm³/mol. The van der Waals surface area contributed by atoms with Gasteiger partial charge >= 0.3 is 0 Å². The summed E-state index contributed by atoms with van der Waals surface area (Å²) in [4.78, 5) is 29.9. The molecule has 0 aromatic heterocycles. The van der Waals surface area contributed by atoms with Crippen LogP contribution in [0.25, 0.3) is 0 Å². The van der Waals surface area contributed by atoms with Gasteiger partial charge in [0.05, 0.1) is 6.54 Å². The lowest BCUT2D eigenvalue weighted by molar-refractivity contribution is -0.133. The molecule has 0 aromatic rings. The monoisotopic (exact) mass is 310 g/mol. The van der Waals surface area contributed by atoms with Crippen molar-refractivity contribution in [3.8, 4) is 0 Å². The van der Waals surface area contributed by atoms with Crippen molar-refractivity contribution < 1.29 is 9.59 Å². The van der Waals surface area contributed by atoms with E-state index in [1.807, 2.05) is 25.8 Å². The summed E-state index contributed by atoms with van der Waals surface area (Å²) in [5, 5.41) is 2.94. The maximum Gasteiger partial charge on any atom is 0.234 e. The molecule has 126 valence electrons. The van der Waals surface area contributed by atoms with Crippen molar-refractivity contribution in [2.75, 3.05) is 52.9 Å². The second-order valence-electron chi connectivity index (χ2n) is 6.98. The molecule has 0 radical (unpaired) electrons. The van der Waals surface area contributed by atoms with Crippen LogP contribution in [0.3, 0.4) is 0 Å². The highest BCUT2D eigenvalue weighted by Gasteiger charge is 2.26. The normalized spacial score (nSPS) is 24.8. The molecule has 2 saturated heterocycles. The van der Waals surface area contributed by atoms with Gasteiger partial charge in [0.2, 0.25) is 11.8 Å². The van der Waals surface area contributed by atoms with Crippen LogP contribution in [0, 0.1) is 5.92 Å². The smallest absolute Gasteiger partial charge is 0.234 e. The number of carbonyl (C=O) groups is 2. The molecule has 6 heteroatoms. The Kier molecular flexibility index (Phi) is 6.20. The van der Waals surface area contributed by atoms with E-state index in [9.17, 15) is 9.59 Å². The molecule has 1 unspecified atom stereocenters. The number of carbonyl (C=O) groups excluding carboxylic acids is 2. The van der Waals surface area contributed by atoms with E-state index >= 15 is 0 Å². The van der Waals surface area contributed by atoms with Crippen LogP contribution in [-0.4, -0.2) is 85.4 Å². The largest absolute Gasteiger partial charge is 0.353 e. The molecular formula is C16H30N4O2. The third kappa shape index (κ3) is 5.25. The van der Waals surface area contributed by atoms with Crippen molar-refractivity contribution in [1.82, 2.24) is 20.0 Å². The quantitative estimate of drug-likeness (QED) is 0.776. The van der Waals surface area contributed by atoms with Crippen LogP contribution >= 0.6 is 0 Å². The van der Waals surface area contributed by atoms with Crippen molar-refractivity contribution >= 4 is 11.8 Å². The summed E-state index contributed by atoms with van der Waals surface area (Å²) in [6, 6.07) is 0.208. The van der Waals surface area contributed by atoms with E-state index in [4.69, 9.17) is 0 Å². The van der Waals surface area contributed by atoms with Crippen molar-refractivity contribution in [3.05, 3.63) is 0 Å². The first-order chi connectivity index (χ1) is 10.4. The Morgan fingerprint density at radius 3 is 2.45 bits per heavy atom. The average molecular weight is 310 g/mol. The van der Waals surface area contributed by atoms with Gasteiger partial charge in [-0.05, 0) is 26.2 Å². The Morgan fingerprint density at radius 2 is 1.86 bits per heavy atom. The molecular weight excluding hydrogens is 280 g/mol. The molecule has 2 aliphatic heterocycles. The first-order valence-corrected chi connectivity index (χ1v) is 8.42. The van der Waals surface area contributed by atoms with Crippen LogP contribution in [0.15, 0.2) is 0 Å². The fourth-order valence-corrected chi connectivity index (χ4v) is 3.31. The molecule has 0 spiro atoms. The van der Waals surface area contributed by atoms with Gasteiger partial charge in [0, 0.05) is 58.8 Å². The Hall–Kier alpha value is -1.14. The molecule has 0 bridgehead atoms. The summed E-state index contributed by atoms with van der Waals surface area (Å²) in [7, 11) is 1.90. The topological polar surface area (TPSA) is 55.9 Å². The van der Waals surface area contributed by atoms with Crippen LogP contribution in [0.5, 0.6) is 0 Å². The van der Waals surface area contributed by atoms with Crippen molar-refractivity contribution in [2.24, 2.45) is 5.92 Å². The minimum absolute atomic E-state index is 0.121.